The Morgan fingerprint density at radius 3 is 2.32 bits per heavy atom. The number of hydrogen-bond donors (Lipinski definition) is 1. The summed E-state index contributed by atoms with van der Waals surface area (Å²) in [6, 6.07) is 8.05. The maximum Gasteiger partial charge on any atom is 0.332 e. The maximum absolute atomic E-state index is 12.3. The molecule has 0 aliphatic carbocycles. The number of aromatic nitrogens is 4. The van der Waals surface area contributed by atoms with Gasteiger partial charge in [-0.05, 0) is 25.0 Å². The number of rotatable bonds is 1. The quantitative estimate of drug-likeness (QED) is 0.663. The van der Waals surface area contributed by atoms with Crippen LogP contribution >= 0.6 is 0 Å². The molecule has 0 spiro atoms. The number of imidazole rings is 1. The Kier molecular flexibility index (Phi) is 5.64. The SMILES string of the molecule is Cn1c(=O)c2c(nc(N3CCCC(N)C3)n2C)n(C)c1=O.Fc1ccccc1. The first-order chi connectivity index (χ1) is 13.3. The molecule has 1 fully saturated rings. The molecule has 1 aliphatic rings. The second-order valence-corrected chi connectivity index (χ2v) is 6.99. The minimum absolute atomic E-state index is 0.116. The molecule has 3 heterocycles. The summed E-state index contributed by atoms with van der Waals surface area (Å²) in [6.07, 6.45) is 2.00. The van der Waals surface area contributed by atoms with E-state index in [4.69, 9.17) is 5.73 Å². The van der Waals surface area contributed by atoms with Crippen LogP contribution in [-0.4, -0.2) is 37.8 Å². The summed E-state index contributed by atoms with van der Waals surface area (Å²) in [6.45, 7) is 1.57. The van der Waals surface area contributed by atoms with Crippen LogP contribution in [0.25, 0.3) is 11.2 Å². The fourth-order valence-corrected chi connectivity index (χ4v) is 3.40. The number of fused-ring (bicyclic) bond motifs is 1. The van der Waals surface area contributed by atoms with Crippen LogP contribution in [0.2, 0.25) is 0 Å². The smallest absolute Gasteiger partial charge is 0.332 e. The summed E-state index contributed by atoms with van der Waals surface area (Å²) < 4.78 is 16.2. The van der Waals surface area contributed by atoms with Gasteiger partial charge in [-0.2, -0.15) is 4.98 Å². The fourth-order valence-electron chi connectivity index (χ4n) is 3.40. The van der Waals surface area contributed by atoms with Crippen LogP contribution < -0.4 is 21.9 Å². The van der Waals surface area contributed by atoms with E-state index in [1.807, 2.05) is 0 Å². The van der Waals surface area contributed by atoms with Gasteiger partial charge in [0.1, 0.15) is 5.82 Å². The van der Waals surface area contributed by atoms with Gasteiger partial charge in [0.05, 0.1) is 0 Å². The lowest BCUT2D eigenvalue weighted by Gasteiger charge is -2.31. The van der Waals surface area contributed by atoms with E-state index >= 15 is 0 Å². The van der Waals surface area contributed by atoms with Crippen molar-refractivity contribution in [2.45, 2.75) is 18.9 Å². The van der Waals surface area contributed by atoms with E-state index in [1.165, 1.54) is 23.7 Å². The van der Waals surface area contributed by atoms with Crippen molar-refractivity contribution in [3.05, 3.63) is 57.0 Å². The highest BCUT2D eigenvalue weighted by atomic mass is 19.1. The molecule has 1 atom stereocenters. The van der Waals surface area contributed by atoms with E-state index in [1.54, 1.807) is 36.9 Å². The summed E-state index contributed by atoms with van der Waals surface area (Å²) in [5.41, 5.74) is 6.18. The van der Waals surface area contributed by atoms with E-state index in [0.29, 0.717) is 23.7 Å². The Morgan fingerprint density at radius 2 is 1.75 bits per heavy atom. The summed E-state index contributed by atoms with van der Waals surface area (Å²) in [5.74, 6) is 0.515. The molecule has 1 saturated heterocycles. The van der Waals surface area contributed by atoms with Gasteiger partial charge in [0.25, 0.3) is 5.56 Å². The van der Waals surface area contributed by atoms with E-state index in [-0.39, 0.29) is 23.1 Å². The zero-order valence-electron chi connectivity index (χ0n) is 16.3. The number of aryl methyl sites for hydroxylation is 2. The second-order valence-electron chi connectivity index (χ2n) is 6.99. The van der Waals surface area contributed by atoms with E-state index in [0.717, 1.165) is 24.0 Å². The third-order valence-electron chi connectivity index (χ3n) is 4.93. The molecule has 1 unspecified atom stereocenters. The second kappa shape index (κ2) is 7.97. The molecular formula is C19H25FN6O2. The van der Waals surface area contributed by atoms with Gasteiger partial charge in [-0.1, -0.05) is 18.2 Å². The normalized spacial score (nSPS) is 16.8. The summed E-state index contributed by atoms with van der Waals surface area (Å²) in [7, 11) is 4.91. The average Bonchev–Trinajstić information content (AvgIpc) is 3.03. The van der Waals surface area contributed by atoms with Gasteiger partial charge in [0, 0.05) is 40.3 Å². The Bertz CT molecular complexity index is 1090. The third-order valence-corrected chi connectivity index (χ3v) is 4.93. The number of anilines is 1. The Morgan fingerprint density at radius 1 is 1.07 bits per heavy atom. The van der Waals surface area contributed by atoms with Crippen LogP contribution in [0.5, 0.6) is 0 Å². The predicted molar refractivity (Wildman–Crippen MR) is 107 cm³/mol. The molecule has 3 aromatic rings. The lowest BCUT2D eigenvalue weighted by atomic mass is 10.1. The first-order valence-electron chi connectivity index (χ1n) is 9.14. The van der Waals surface area contributed by atoms with E-state index in [9.17, 15) is 14.0 Å². The average molecular weight is 388 g/mol. The van der Waals surface area contributed by atoms with Crippen molar-refractivity contribution in [1.82, 2.24) is 18.7 Å². The van der Waals surface area contributed by atoms with Gasteiger partial charge in [0.15, 0.2) is 11.2 Å². The minimum atomic E-state index is -0.368. The molecule has 0 amide bonds. The van der Waals surface area contributed by atoms with Gasteiger partial charge in [-0.15, -0.1) is 0 Å². The largest absolute Gasteiger partial charge is 0.341 e. The zero-order valence-corrected chi connectivity index (χ0v) is 16.3. The van der Waals surface area contributed by atoms with Crippen molar-refractivity contribution >= 4 is 17.1 Å². The Labute approximate surface area is 161 Å². The number of piperidine rings is 1. The van der Waals surface area contributed by atoms with Crippen molar-refractivity contribution in [1.29, 1.82) is 0 Å². The van der Waals surface area contributed by atoms with Crippen molar-refractivity contribution in [3.8, 4) is 0 Å². The van der Waals surface area contributed by atoms with Crippen LogP contribution in [0.15, 0.2) is 39.9 Å². The van der Waals surface area contributed by atoms with Gasteiger partial charge < -0.3 is 15.2 Å². The molecule has 0 bridgehead atoms. The highest BCUT2D eigenvalue weighted by Crippen LogP contribution is 2.21. The highest BCUT2D eigenvalue weighted by Gasteiger charge is 2.24. The van der Waals surface area contributed by atoms with Crippen LogP contribution in [0.3, 0.4) is 0 Å². The maximum atomic E-state index is 12.3. The molecule has 28 heavy (non-hydrogen) atoms. The van der Waals surface area contributed by atoms with Gasteiger partial charge in [0.2, 0.25) is 5.95 Å². The lowest BCUT2D eigenvalue weighted by molar-refractivity contribution is 0.497. The number of nitrogens with zero attached hydrogens (tertiary/aromatic N) is 5. The standard InChI is InChI=1S/C13H20N6O2.C6H5F/c1-16-9-10(17(2)13(21)18(3)11(9)20)15-12(16)19-6-4-5-8(14)7-19;7-6-4-2-1-3-5-6/h8H,4-7,14H2,1-3H3;1-5H. The highest BCUT2D eigenvalue weighted by molar-refractivity contribution is 5.74. The number of hydrogen-bond acceptors (Lipinski definition) is 5. The molecule has 2 N–H and O–H groups in total. The zero-order chi connectivity index (χ0) is 20.4. The molecule has 150 valence electrons. The van der Waals surface area contributed by atoms with Crippen LogP contribution in [-0.2, 0) is 21.1 Å². The van der Waals surface area contributed by atoms with Gasteiger partial charge in [-0.25, -0.2) is 9.18 Å². The molecule has 0 radical (unpaired) electrons. The first-order valence-corrected chi connectivity index (χ1v) is 9.14. The van der Waals surface area contributed by atoms with E-state index in [2.05, 4.69) is 9.88 Å². The lowest BCUT2D eigenvalue weighted by Crippen LogP contribution is -2.43. The molecule has 2 aromatic heterocycles. The van der Waals surface area contributed by atoms with Gasteiger partial charge in [-0.3, -0.25) is 13.9 Å². The molecule has 0 saturated carbocycles. The van der Waals surface area contributed by atoms with Crippen molar-refractivity contribution in [3.63, 3.8) is 0 Å². The molecule has 9 heteroatoms. The Hall–Kier alpha value is -2.94. The van der Waals surface area contributed by atoms with Crippen LogP contribution in [0, 0.1) is 5.82 Å². The topological polar surface area (TPSA) is 91.1 Å². The number of nitrogens with two attached hydrogens (primary N) is 1. The molecule has 8 nitrogen and oxygen atoms in total. The van der Waals surface area contributed by atoms with Crippen molar-refractivity contribution in [2.75, 3.05) is 18.0 Å². The summed E-state index contributed by atoms with van der Waals surface area (Å²) >= 11 is 0. The van der Waals surface area contributed by atoms with Crippen LogP contribution in [0.1, 0.15) is 12.8 Å². The molecule has 1 aromatic carbocycles. The Balaban J connectivity index is 0.000000271. The number of halogens is 1. The van der Waals surface area contributed by atoms with Crippen molar-refractivity contribution in [2.24, 2.45) is 26.9 Å². The predicted octanol–water partition coefficient (Wildman–Crippen LogP) is 0.724. The van der Waals surface area contributed by atoms with Crippen LogP contribution in [0.4, 0.5) is 10.3 Å². The third kappa shape index (κ3) is 3.70. The van der Waals surface area contributed by atoms with Crippen molar-refractivity contribution < 1.29 is 4.39 Å². The fraction of sp³-hybridized carbons (Fsp3) is 0.421. The first kappa shape index (κ1) is 19.8. The summed E-state index contributed by atoms with van der Waals surface area (Å²) in [4.78, 5) is 30.9. The molecular weight excluding hydrogens is 363 g/mol. The number of benzene rings is 1. The summed E-state index contributed by atoms with van der Waals surface area (Å²) in [5, 5.41) is 0. The molecule has 4 rings (SSSR count). The minimum Gasteiger partial charge on any atom is -0.341 e. The monoisotopic (exact) mass is 388 g/mol. The van der Waals surface area contributed by atoms with Gasteiger partial charge >= 0.3 is 5.69 Å². The van der Waals surface area contributed by atoms with E-state index < -0.39 is 0 Å². The molecule has 1 aliphatic heterocycles.